The molecule has 1 atom stereocenters. The van der Waals surface area contributed by atoms with E-state index in [0.717, 1.165) is 26.2 Å². The first-order valence-electron chi connectivity index (χ1n) is 8.32. The summed E-state index contributed by atoms with van der Waals surface area (Å²) in [6.07, 6.45) is 5.19. The molecule has 0 spiro atoms. The summed E-state index contributed by atoms with van der Waals surface area (Å²) in [7, 11) is 0. The Balaban J connectivity index is 2.46. The average molecular weight is 276 g/mol. The topological polar surface area (TPSA) is 15.3 Å². The van der Waals surface area contributed by atoms with Gasteiger partial charge in [0.2, 0.25) is 0 Å². The molecule has 0 aliphatic carbocycles. The lowest BCUT2D eigenvalue weighted by Crippen LogP contribution is -2.33. The monoisotopic (exact) mass is 276 g/mol. The maximum absolute atomic E-state index is 3.75. The smallest absolute Gasteiger partial charge is 0.0320 e. The van der Waals surface area contributed by atoms with Crippen LogP contribution < -0.4 is 5.32 Å². The van der Waals surface area contributed by atoms with Crippen LogP contribution in [-0.2, 0) is 0 Å². The Hall–Kier alpha value is -0.860. The van der Waals surface area contributed by atoms with Gasteiger partial charge >= 0.3 is 0 Å². The molecule has 1 unspecified atom stereocenters. The second-order valence-electron chi connectivity index (χ2n) is 5.44. The zero-order valence-corrected chi connectivity index (χ0v) is 13.6. The molecule has 0 saturated heterocycles. The molecule has 0 amide bonds. The van der Waals surface area contributed by atoms with Crippen molar-refractivity contribution in [3.63, 3.8) is 0 Å². The Labute approximate surface area is 125 Å². The second-order valence-corrected chi connectivity index (χ2v) is 5.44. The molecule has 1 aromatic rings. The number of benzene rings is 1. The van der Waals surface area contributed by atoms with Gasteiger partial charge in [0.1, 0.15) is 0 Å². The Morgan fingerprint density at radius 2 is 1.70 bits per heavy atom. The highest BCUT2D eigenvalue weighted by Crippen LogP contribution is 2.19. The molecule has 1 aromatic carbocycles. The van der Waals surface area contributed by atoms with E-state index in [1.54, 1.807) is 0 Å². The summed E-state index contributed by atoms with van der Waals surface area (Å²) >= 11 is 0. The molecular weight excluding hydrogens is 244 g/mol. The lowest BCUT2D eigenvalue weighted by atomic mass is 10.0. The van der Waals surface area contributed by atoms with Crippen LogP contribution in [0.15, 0.2) is 30.3 Å². The van der Waals surface area contributed by atoms with Gasteiger partial charge in [-0.3, -0.25) is 0 Å². The van der Waals surface area contributed by atoms with E-state index in [0.29, 0.717) is 6.04 Å². The molecule has 0 aromatic heterocycles. The third-order valence-corrected chi connectivity index (χ3v) is 4.01. The highest BCUT2D eigenvalue weighted by atomic mass is 15.1. The van der Waals surface area contributed by atoms with Gasteiger partial charge in [-0.2, -0.15) is 0 Å². The average Bonchev–Trinajstić information content (AvgIpc) is 2.51. The molecule has 0 aliphatic rings. The van der Waals surface area contributed by atoms with Crippen molar-refractivity contribution in [2.24, 2.45) is 0 Å². The van der Waals surface area contributed by atoms with E-state index in [1.807, 2.05) is 0 Å². The number of rotatable bonds is 11. The zero-order chi connectivity index (χ0) is 14.6. The molecular formula is C18H32N2. The normalized spacial score (nSPS) is 12.8. The van der Waals surface area contributed by atoms with E-state index in [1.165, 1.54) is 31.2 Å². The Morgan fingerprint density at radius 1 is 1.00 bits per heavy atom. The molecule has 0 radical (unpaired) electrons. The van der Waals surface area contributed by atoms with E-state index in [-0.39, 0.29) is 0 Å². The largest absolute Gasteiger partial charge is 0.309 e. The van der Waals surface area contributed by atoms with Crippen LogP contribution in [0.25, 0.3) is 0 Å². The Morgan fingerprint density at radius 3 is 2.30 bits per heavy atom. The van der Waals surface area contributed by atoms with Crippen LogP contribution in [0, 0.1) is 0 Å². The molecule has 114 valence electrons. The highest BCUT2D eigenvalue weighted by Gasteiger charge is 2.10. The molecule has 0 aliphatic heterocycles. The summed E-state index contributed by atoms with van der Waals surface area (Å²) in [5.74, 6) is 0. The number of hydrogen-bond donors (Lipinski definition) is 1. The lowest BCUT2D eigenvalue weighted by Gasteiger charge is -2.23. The van der Waals surface area contributed by atoms with Crippen molar-refractivity contribution in [1.29, 1.82) is 0 Å². The maximum Gasteiger partial charge on any atom is 0.0320 e. The highest BCUT2D eigenvalue weighted by molar-refractivity contribution is 5.18. The van der Waals surface area contributed by atoms with Crippen molar-refractivity contribution < 1.29 is 0 Å². The summed E-state index contributed by atoms with van der Waals surface area (Å²) in [5, 5.41) is 3.75. The van der Waals surface area contributed by atoms with Crippen LogP contribution in [0.1, 0.15) is 58.1 Å². The number of hydrogen-bond acceptors (Lipinski definition) is 2. The van der Waals surface area contributed by atoms with Gasteiger partial charge in [-0.1, -0.05) is 70.4 Å². The lowest BCUT2D eigenvalue weighted by molar-refractivity contribution is 0.294. The van der Waals surface area contributed by atoms with Crippen LogP contribution in [0.5, 0.6) is 0 Å². The summed E-state index contributed by atoms with van der Waals surface area (Å²) in [6.45, 7) is 11.2. The number of nitrogens with zero attached hydrogens (tertiary/aromatic N) is 1. The van der Waals surface area contributed by atoms with Gasteiger partial charge in [0.15, 0.2) is 0 Å². The third kappa shape index (κ3) is 6.53. The van der Waals surface area contributed by atoms with Gasteiger partial charge in [-0.25, -0.2) is 0 Å². The SMILES string of the molecule is CCCCCC(NCCN(CC)CC)c1ccccc1. The quantitative estimate of drug-likeness (QED) is 0.608. The molecule has 1 N–H and O–H groups in total. The van der Waals surface area contributed by atoms with Crippen molar-refractivity contribution in [3.8, 4) is 0 Å². The summed E-state index contributed by atoms with van der Waals surface area (Å²) in [6, 6.07) is 11.4. The molecule has 1 rings (SSSR count). The van der Waals surface area contributed by atoms with Crippen molar-refractivity contribution in [2.75, 3.05) is 26.2 Å². The van der Waals surface area contributed by atoms with Crippen molar-refractivity contribution in [2.45, 2.75) is 52.5 Å². The minimum atomic E-state index is 0.512. The molecule has 2 nitrogen and oxygen atoms in total. The summed E-state index contributed by atoms with van der Waals surface area (Å²) < 4.78 is 0. The van der Waals surface area contributed by atoms with Crippen LogP contribution in [-0.4, -0.2) is 31.1 Å². The van der Waals surface area contributed by atoms with Crippen LogP contribution in [0.3, 0.4) is 0 Å². The Kier molecular flexibility index (Phi) is 9.35. The second kappa shape index (κ2) is 10.9. The van der Waals surface area contributed by atoms with Gasteiger partial charge in [-0.05, 0) is 25.1 Å². The number of unbranched alkanes of at least 4 members (excludes halogenated alkanes) is 2. The fraction of sp³-hybridized carbons (Fsp3) is 0.667. The minimum Gasteiger partial charge on any atom is -0.309 e. The maximum atomic E-state index is 3.75. The van der Waals surface area contributed by atoms with Gasteiger partial charge in [0.05, 0.1) is 0 Å². The predicted molar refractivity (Wildman–Crippen MR) is 89.1 cm³/mol. The van der Waals surface area contributed by atoms with Gasteiger partial charge in [-0.15, -0.1) is 0 Å². The van der Waals surface area contributed by atoms with Crippen LogP contribution in [0.4, 0.5) is 0 Å². The number of likely N-dealkylation sites (N-methyl/N-ethyl adjacent to an activating group) is 1. The molecule has 0 heterocycles. The van der Waals surface area contributed by atoms with Crippen LogP contribution in [0.2, 0.25) is 0 Å². The first-order chi connectivity index (χ1) is 9.81. The molecule has 0 bridgehead atoms. The third-order valence-electron chi connectivity index (χ3n) is 4.01. The van der Waals surface area contributed by atoms with E-state index in [2.05, 4.69) is 61.3 Å². The van der Waals surface area contributed by atoms with Gasteiger partial charge in [0, 0.05) is 19.1 Å². The van der Waals surface area contributed by atoms with Crippen molar-refractivity contribution in [3.05, 3.63) is 35.9 Å². The van der Waals surface area contributed by atoms with E-state index in [4.69, 9.17) is 0 Å². The summed E-state index contributed by atoms with van der Waals surface area (Å²) in [5.41, 5.74) is 1.43. The van der Waals surface area contributed by atoms with Crippen LogP contribution >= 0.6 is 0 Å². The minimum absolute atomic E-state index is 0.512. The van der Waals surface area contributed by atoms with E-state index >= 15 is 0 Å². The molecule has 2 heteroatoms. The Bertz CT molecular complexity index is 319. The van der Waals surface area contributed by atoms with Gasteiger partial charge < -0.3 is 10.2 Å². The van der Waals surface area contributed by atoms with Crippen molar-refractivity contribution >= 4 is 0 Å². The molecule has 20 heavy (non-hydrogen) atoms. The fourth-order valence-corrected chi connectivity index (χ4v) is 2.61. The standard InChI is InChI=1S/C18H32N2/c1-4-7-9-14-18(17-12-10-8-11-13-17)19-15-16-20(5-2)6-3/h8,10-13,18-19H,4-7,9,14-16H2,1-3H3. The predicted octanol–water partition coefficient (Wildman–Crippen LogP) is 4.24. The van der Waals surface area contributed by atoms with Gasteiger partial charge in [0.25, 0.3) is 0 Å². The zero-order valence-electron chi connectivity index (χ0n) is 13.6. The first-order valence-corrected chi connectivity index (χ1v) is 8.32. The molecule has 0 fully saturated rings. The van der Waals surface area contributed by atoms with E-state index < -0.39 is 0 Å². The van der Waals surface area contributed by atoms with Crippen molar-refractivity contribution in [1.82, 2.24) is 10.2 Å². The summed E-state index contributed by atoms with van der Waals surface area (Å²) in [4.78, 5) is 2.47. The first kappa shape index (κ1) is 17.2. The molecule has 0 saturated carbocycles. The number of nitrogens with one attached hydrogen (secondary N) is 1. The fourth-order valence-electron chi connectivity index (χ4n) is 2.61. The van der Waals surface area contributed by atoms with E-state index in [9.17, 15) is 0 Å².